The van der Waals surface area contributed by atoms with E-state index >= 15 is 0 Å². The number of rotatable bonds is 3. The van der Waals surface area contributed by atoms with Crippen molar-refractivity contribution in [3.63, 3.8) is 0 Å². The summed E-state index contributed by atoms with van der Waals surface area (Å²) in [6.07, 6.45) is 2.44. The summed E-state index contributed by atoms with van der Waals surface area (Å²) in [7, 11) is 0. The first-order valence-corrected chi connectivity index (χ1v) is 12.0. The molecule has 5 rings (SSSR count). The fraction of sp³-hybridized carbons (Fsp3) is 0.185. The van der Waals surface area contributed by atoms with Gasteiger partial charge in [-0.1, -0.05) is 42.1 Å². The van der Waals surface area contributed by atoms with Crippen molar-refractivity contribution >= 4 is 35.0 Å². The first-order chi connectivity index (χ1) is 16.6. The van der Waals surface area contributed by atoms with Crippen LogP contribution in [0, 0.1) is 11.3 Å². The molecular weight excluding hydrogens is 444 g/mol. The summed E-state index contributed by atoms with van der Waals surface area (Å²) in [5.74, 6) is -0.417. The molecule has 0 aromatic heterocycles. The zero-order valence-corrected chi connectivity index (χ0v) is 19.2. The number of hydrogen-bond donors (Lipinski definition) is 2. The maximum absolute atomic E-state index is 13.0. The Hall–Kier alpha value is -3.89. The quantitative estimate of drug-likeness (QED) is 0.462. The second kappa shape index (κ2) is 9.54. The van der Waals surface area contributed by atoms with Crippen LogP contribution in [0.1, 0.15) is 46.3 Å². The molecular formula is C27H22N4O2S. The van der Waals surface area contributed by atoms with E-state index in [4.69, 9.17) is 10.3 Å². The molecule has 1 unspecified atom stereocenters. The highest BCUT2D eigenvalue weighted by atomic mass is 32.2. The van der Waals surface area contributed by atoms with Crippen molar-refractivity contribution in [3.05, 3.63) is 89.0 Å². The van der Waals surface area contributed by atoms with Gasteiger partial charge in [-0.05, 0) is 55.7 Å². The Morgan fingerprint density at radius 2 is 1.88 bits per heavy atom. The van der Waals surface area contributed by atoms with Crippen LogP contribution in [0.3, 0.4) is 0 Å². The molecule has 0 bridgehead atoms. The molecule has 0 spiro atoms. The molecule has 3 aromatic carbocycles. The van der Waals surface area contributed by atoms with Gasteiger partial charge in [-0.15, -0.1) is 0 Å². The Bertz CT molecular complexity index is 1340. The summed E-state index contributed by atoms with van der Waals surface area (Å²) in [4.78, 5) is 32.3. The van der Waals surface area contributed by atoms with Crippen molar-refractivity contribution < 1.29 is 9.59 Å². The summed E-state index contributed by atoms with van der Waals surface area (Å²) >= 11 is 1.61. The first kappa shape index (κ1) is 21.9. The van der Waals surface area contributed by atoms with Gasteiger partial charge in [-0.25, -0.2) is 4.99 Å². The molecule has 3 aromatic rings. The topological polar surface area (TPSA) is 94.3 Å². The molecule has 6 nitrogen and oxygen atoms in total. The van der Waals surface area contributed by atoms with E-state index in [-0.39, 0.29) is 11.8 Å². The average Bonchev–Trinajstić information content (AvgIpc) is 3.17. The highest BCUT2D eigenvalue weighted by Crippen LogP contribution is 2.41. The van der Waals surface area contributed by atoms with Crippen molar-refractivity contribution in [2.45, 2.75) is 35.1 Å². The molecule has 0 saturated carbocycles. The monoisotopic (exact) mass is 466 g/mol. The summed E-state index contributed by atoms with van der Waals surface area (Å²) in [6, 6.07) is 22.5. The highest BCUT2D eigenvalue weighted by molar-refractivity contribution is 7.99. The van der Waals surface area contributed by atoms with Gasteiger partial charge in [0, 0.05) is 33.0 Å². The van der Waals surface area contributed by atoms with E-state index in [0.717, 1.165) is 39.5 Å². The predicted octanol–water partition coefficient (Wildman–Crippen LogP) is 4.59. The van der Waals surface area contributed by atoms with Crippen LogP contribution in [0.5, 0.6) is 0 Å². The van der Waals surface area contributed by atoms with Crippen LogP contribution in [0.4, 0.5) is 5.69 Å². The van der Waals surface area contributed by atoms with Crippen LogP contribution < -0.4 is 10.6 Å². The van der Waals surface area contributed by atoms with Crippen LogP contribution in [0.15, 0.2) is 81.5 Å². The van der Waals surface area contributed by atoms with Crippen molar-refractivity contribution in [2.75, 3.05) is 6.54 Å². The normalized spacial score (nSPS) is 17.1. The molecule has 2 aliphatic heterocycles. The van der Waals surface area contributed by atoms with Crippen LogP contribution >= 0.6 is 11.8 Å². The molecule has 34 heavy (non-hydrogen) atoms. The lowest BCUT2D eigenvalue weighted by molar-refractivity contribution is -0.122. The van der Waals surface area contributed by atoms with Gasteiger partial charge in [0.1, 0.15) is 6.04 Å². The average molecular weight is 467 g/mol. The molecule has 2 aliphatic rings. The van der Waals surface area contributed by atoms with E-state index in [1.807, 2.05) is 36.4 Å². The van der Waals surface area contributed by atoms with Gasteiger partial charge in [0.05, 0.1) is 23.0 Å². The van der Waals surface area contributed by atoms with Gasteiger partial charge < -0.3 is 10.6 Å². The maximum Gasteiger partial charge on any atom is 0.252 e. The third kappa shape index (κ3) is 4.45. The number of nitrogens with zero attached hydrogens (tertiary/aromatic N) is 2. The number of fused-ring (bicyclic) bond motifs is 2. The predicted molar refractivity (Wildman–Crippen MR) is 132 cm³/mol. The molecule has 2 heterocycles. The number of carbonyl (C=O) groups is 2. The molecule has 0 aliphatic carbocycles. The molecule has 2 N–H and O–H groups in total. The van der Waals surface area contributed by atoms with E-state index in [0.29, 0.717) is 29.8 Å². The number of nitriles is 1. The molecule has 2 amide bonds. The molecule has 7 heteroatoms. The lowest BCUT2D eigenvalue weighted by Gasteiger charge is -2.15. The number of amides is 2. The van der Waals surface area contributed by atoms with Gasteiger partial charge in [0.25, 0.3) is 5.91 Å². The summed E-state index contributed by atoms with van der Waals surface area (Å²) in [5.41, 5.74) is 4.41. The molecule has 168 valence electrons. The Labute approximate surface area is 202 Å². The number of nitrogens with one attached hydrogen (secondary N) is 2. The number of hydrogen-bond acceptors (Lipinski definition) is 5. The summed E-state index contributed by atoms with van der Waals surface area (Å²) in [5, 5.41) is 14.9. The van der Waals surface area contributed by atoms with Crippen LogP contribution in [0.2, 0.25) is 0 Å². The Morgan fingerprint density at radius 3 is 2.71 bits per heavy atom. The second-order valence-corrected chi connectivity index (χ2v) is 9.33. The smallest absolute Gasteiger partial charge is 0.252 e. The lowest BCUT2D eigenvalue weighted by atomic mass is 10.0. The van der Waals surface area contributed by atoms with E-state index in [1.54, 1.807) is 36.0 Å². The second-order valence-electron chi connectivity index (χ2n) is 8.24. The van der Waals surface area contributed by atoms with E-state index in [9.17, 15) is 9.59 Å². The van der Waals surface area contributed by atoms with Crippen molar-refractivity contribution in [1.82, 2.24) is 10.6 Å². The fourth-order valence-electron chi connectivity index (χ4n) is 4.12. The van der Waals surface area contributed by atoms with Gasteiger partial charge in [-0.3, -0.25) is 9.59 Å². The Morgan fingerprint density at radius 1 is 1.06 bits per heavy atom. The summed E-state index contributed by atoms with van der Waals surface area (Å²) in [6.45, 7) is 0.647. The summed E-state index contributed by atoms with van der Waals surface area (Å²) < 4.78 is 0. The molecule has 1 saturated heterocycles. The van der Waals surface area contributed by atoms with Crippen molar-refractivity contribution in [1.29, 1.82) is 5.26 Å². The van der Waals surface area contributed by atoms with Gasteiger partial charge >= 0.3 is 0 Å². The zero-order valence-electron chi connectivity index (χ0n) is 18.4. The minimum absolute atomic E-state index is 0.132. The lowest BCUT2D eigenvalue weighted by Crippen LogP contribution is -2.45. The fourth-order valence-corrected chi connectivity index (χ4v) is 5.13. The van der Waals surface area contributed by atoms with E-state index in [2.05, 4.69) is 22.8 Å². The highest BCUT2D eigenvalue weighted by Gasteiger charge is 2.24. The Kier molecular flexibility index (Phi) is 6.15. The number of aliphatic imine (C=N–C) groups is 1. The maximum atomic E-state index is 13.0. The minimum atomic E-state index is -0.523. The van der Waals surface area contributed by atoms with Crippen molar-refractivity contribution in [3.8, 4) is 6.07 Å². The van der Waals surface area contributed by atoms with Crippen LogP contribution in [-0.4, -0.2) is 30.1 Å². The molecule has 1 fully saturated rings. The standard InChI is InChI=1S/C27H22N4O2S/c28-16-17-8-10-18(11-9-17)25-20-5-1-2-7-23(20)34-24-13-12-19(15-22(24)30-25)26(32)31-21-6-3-4-14-29-27(21)33/h1-2,5,7-13,15,21H,3-4,6,14H2,(H,29,33)(H,31,32). The van der Waals surface area contributed by atoms with Gasteiger partial charge in [0.15, 0.2) is 0 Å². The SMILES string of the molecule is N#Cc1ccc(C2=Nc3cc(C(=O)NC4CCCCNC4=O)ccc3Sc3ccccc32)cc1. The first-order valence-electron chi connectivity index (χ1n) is 11.2. The van der Waals surface area contributed by atoms with Crippen LogP contribution in [-0.2, 0) is 4.79 Å². The number of carbonyl (C=O) groups excluding carboxylic acids is 2. The largest absolute Gasteiger partial charge is 0.354 e. The van der Waals surface area contributed by atoms with Gasteiger partial charge in [-0.2, -0.15) is 5.26 Å². The van der Waals surface area contributed by atoms with Crippen LogP contribution in [0.25, 0.3) is 0 Å². The number of benzene rings is 3. The molecule has 0 radical (unpaired) electrons. The third-order valence-corrected chi connectivity index (χ3v) is 7.08. The van der Waals surface area contributed by atoms with Gasteiger partial charge in [0.2, 0.25) is 5.91 Å². The van der Waals surface area contributed by atoms with E-state index < -0.39 is 6.04 Å². The van der Waals surface area contributed by atoms with Crippen molar-refractivity contribution in [2.24, 2.45) is 4.99 Å². The zero-order chi connectivity index (χ0) is 23.5. The Balaban J connectivity index is 1.52. The minimum Gasteiger partial charge on any atom is -0.354 e. The third-order valence-electron chi connectivity index (χ3n) is 5.94. The molecule has 1 atom stereocenters. The van der Waals surface area contributed by atoms with E-state index in [1.165, 1.54) is 0 Å².